The first-order valence-electron chi connectivity index (χ1n) is 9.58. The maximum Gasteiger partial charge on any atom is 0.336 e. The lowest BCUT2D eigenvalue weighted by molar-refractivity contribution is 0.0697. The van der Waals surface area contributed by atoms with Crippen LogP contribution in [0.5, 0.6) is 0 Å². The highest BCUT2D eigenvalue weighted by atomic mass is 16.4. The summed E-state index contributed by atoms with van der Waals surface area (Å²) in [6.45, 7) is 3.08. The molecule has 28 heavy (non-hydrogen) atoms. The Morgan fingerprint density at radius 2 is 1.93 bits per heavy atom. The first kappa shape index (κ1) is 18.3. The fraction of sp³-hybridized carbons (Fsp3) is 0.261. The number of hydrogen-bond acceptors (Lipinski definition) is 4. The quantitative estimate of drug-likeness (QED) is 0.710. The van der Waals surface area contributed by atoms with Gasteiger partial charge in [-0.05, 0) is 48.1 Å². The van der Waals surface area contributed by atoms with Gasteiger partial charge in [0.1, 0.15) is 0 Å². The number of aromatic carboxylic acids is 1. The van der Waals surface area contributed by atoms with Crippen molar-refractivity contribution in [3.63, 3.8) is 0 Å². The van der Waals surface area contributed by atoms with Gasteiger partial charge in [0.2, 0.25) is 0 Å². The molecule has 2 heterocycles. The fourth-order valence-corrected chi connectivity index (χ4v) is 3.92. The highest BCUT2D eigenvalue weighted by Crippen LogP contribution is 2.26. The maximum atomic E-state index is 11.4. The van der Waals surface area contributed by atoms with Gasteiger partial charge in [-0.25, -0.2) is 4.79 Å². The van der Waals surface area contributed by atoms with E-state index in [4.69, 9.17) is 0 Å². The lowest BCUT2D eigenvalue weighted by Gasteiger charge is -2.16. The number of carboxylic acids is 1. The van der Waals surface area contributed by atoms with Crippen molar-refractivity contribution in [3.05, 3.63) is 83.9 Å². The van der Waals surface area contributed by atoms with Crippen molar-refractivity contribution in [2.75, 3.05) is 13.1 Å². The third-order valence-electron chi connectivity index (χ3n) is 5.31. The smallest absolute Gasteiger partial charge is 0.336 e. The summed E-state index contributed by atoms with van der Waals surface area (Å²) in [5.74, 6) is -0.274. The fourth-order valence-electron chi connectivity index (χ4n) is 3.92. The predicted molar refractivity (Wildman–Crippen MR) is 108 cm³/mol. The Morgan fingerprint density at radius 1 is 1.11 bits per heavy atom. The Kier molecular flexibility index (Phi) is 5.44. The number of likely N-dealkylation sites (tertiary alicyclic amines) is 1. The van der Waals surface area contributed by atoms with Crippen molar-refractivity contribution < 1.29 is 9.90 Å². The Balaban J connectivity index is 1.38. The number of nitrogens with zero attached hydrogens (tertiary/aromatic N) is 3. The van der Waals surface area contributed by atoms with Gasteiger partial charge in [-0.3, -0.25) is 14.9 Å². The summed E-state index contributed by atoms with van der Waals surface area (Å²) in [6.07, 6.45) is 7.49. The van der Waals surface area contributed by atoms with E-state index in [-0.39, 0.29) is 0 Å². The number of carboxylic acid groups (broad SMARTS) is 1. The second-order valence-electron chi connectivity index (χ2n) is 7.34. The molecule has 0 unspecified atom stereocenters. The van der Waals surface area contributed by atoms with E-state index in [1.165, 1.54) is 12.0 Å². The van der Waals surface area contributed by atoms with E-state index in [0.717, 1.165) is 42.9 Å². The average molecular weight is 373 g/mol. The summed E-state index contributed by atoms with van der Waals surface area (Å²) < 4.78 is 0. The first-order valence-corrected chi connectivity index (χ1v) is 9.58. The van der Waals surface area contributed by atoms with E-state index < -0.39 is 5.97 Å². The van der Waals surface area contributed by atoms with E-state index in [9.17, 15) is 9.90 Å². The van der Waals surface area contributed by atoms with Gasteiger partial charge in [-0.15, -0.1) is 0 Å². The molecule has 0 radical (unpaired) electrons. The van der Waals surface area contributed by atoms with Crippen LogP contribution in [-0.2, 0) is 13.0 Å². The van der Waals surface area contributed by atoms with Gasteiger partial charge < -0.3 is 5.11 Å². The first-order chi connectivity index (χ1) is 13.7. The Morgan fingerprint density at radius 3 is 2.68 bits per heavy atom. The molecule has 5 nitrogen and oxygen atoms in total. The van der Waals surface area contributed by atoms with E-state index >= 15 is 0 Å². The van der Waals surface area contributed by atoms with Crippen molar-refractivity contribution in [1.29, 1.82) is 0 Å². The molecule has 1 aliphatic heterocycles. The maximum absolute atomic E-state index is 11.4. The summed E-state index contributed by atoms with van der Waals surface area (Å²) in [4.78, 5) is 22.4. The minimum absolute atomic E-state index is 0.335. The number of benzene rings is 2. The average Bonchev–Trinajstić information content (AvgIpc) is 3.16. The lowest BCUT2D eigenvalue weighted by atomic mass is 9.98. The van der Waals surface area contributed by atoms with Crippen molar-refractivity contribution in [3.8, 4) is 11.1 Å². The molecule has 1 aromatic heterocycles. The molecule has 0 aliphatic carbocycles. The summed E-state index contributed by atoms with van der Waals surface area (Å²) in [6, 6.07) is 15.4. The van der Waals surface area contributed by atoms with Crippen LogP contribution in [0.3, 0.4) is 0 Å². The van der Waals surface area contributed by atoms with Crippen LogP contribution in [0, 0.1) is 5.92 Å². The normalized spacial score (nSPS) is 16.9. The molecular weight excluding hydrogens is 350 g/mol. The van der Waals surface area contributed by atoms with Crippen LogP contribution in [0.4, 0.5) is 0 Å². The summed E-state index contributed by atoms with van der Waals surface area (Å²) >= 11 is 0. The molecule has 1 fully saturated rings. The number of carbonyl (C=O) groups is 1. The van der Waals surface area contributed by atoms with Crippen molar-refractivity contribution in [2.45, 2.75) is 19.4 Å². The zero-order valence-electron chi connectivity index (χ0n) is 15.7. The predicted octanol–water partition coefficient (Wildman–Crippen LogP) is 3.91. The van der Waals surface area contributed by atoms with Gasteiger partial charge in [-0.2, -0.15) is 0 Å². The van der Waals surface area contributed by atoms with Gasteiger partial charge in [0.05, 0.1) is 11.3 Å². The third-order valence-corrected chi connectivity index (χ3v) is 5.31. The van der Waals surface area contributed by atoms with E-state index in [1.54, 1.807) is 24.5 Å². The highest BCUT2D eigenvalue weighted by Gasteiger charge is 2.23. The second kappa shape index (κ2) is 8.31. The van der Waals surface area contributed by atoms with Gasteiger partial charge >= 0.3 is 5.97 Å². The molecule has 142 valence electrons. The molecule has 4 rings (SSSR count). The molecule has 0 spiro atoms. The van der Waals surface area contributed by atoms with Gasteiger partial charge in [-0.1, -0.05) is 42.5 Å². The van der Waals surface area contributed by atoms with Crippen molar-refractivity contribution in [2.24, 2.45) is 5.92 Å². The summed E-state index contributed by atoms with van der Waals surface area (Å²) in [7, 11) is 0. The van der Waals surface area contributed by atoms with Crippen LogP contribution in [0.2, 0.25) is 0 Å². The molecule has 2 aromatic carbocycles. The molecule has 0 saturated carbocycles. The molecule has 1 atom stereocenters. The van der Waals surface area contributed by atoms with E-state index in [2.05, 4.69) is 27.0 Å². The third kappa shape index (κ3) is 4.26. The van der Waals surface area contributed by atoms with Crippen molar-refractivity contribution in [1.82, 2.24) is 14.9 Å². The molecule has 1 aliphatic rings. The zero-order valence-corrected chi connectivity index (χ0v) is 15.7. The Bertz CT molecular complexity index is 942. The van der Waals surface area contributed by atoms with E-state index in [1.807, 2.05) is 30.5 Å². The minimum Gasteiger partial charge on any atom is -0.478 e. The van der Waals surface area contributed by atoms with Crippen LogP contribution in [0.1, 0.15) is 28.0 Å². The molecule has 0 bridgehead atoms. The van der Waals surface area contributed by atoms with Crippen LogP contribution < -0.4 is 0 Å². The largest absolute Gasteiger partial charge is 0.478 e. The molecule has 3 aromatic rings. The molecule has 0 amide bonds. The molecule has 1 saturated heterocycles. The number of hydrogen-bond donors (Lipinski definition) is 1. The highest BCUT2D eigenvalue weighted by molar-refractivity contribution is 5.95. The van der Waals surface area contributed by atoms with Gasteiger partial charge in [0.25, 0.3) is 0 Å². The molecule has 1 N–H and O–H groups in total. The van der Waals surface area contributed by atoms with Gasteiger partial charge in [0.15, 0.2) is 0 Å². The standard InChI is InChI=1S/C23H23N3O2/c27-23(28)22-4-2-1-3-21(22)19-7-5-17(6-8-19)15-26-12-9-18(16-26)13-20-14-24-10-11-25-20/h1-8,10-11,14,18H,9,12-13,15-16H2,(H,27,28)/t18-/m1/s1. The second-order valence-corrected chi connectivity index (χ2v) is 7.34. The van der Waals surface area contributed by atoms with Crippen LogP contribution in [0.15, 0.2) is 67.1 Å². The van der Waals surface area contributed by atoms with Crippen molar-refractivity contribution >= 4 is 5.97 Å². The summed E-state index contributed by atoms with van der Waals surface area (Å²) in [5, 5.41) is 9.39. The number of rotatable bonds is 6. The summed E-state index contributed by atoms with van der Waals surface area (Å²) in [5.41, 5.74) is 4.34. The molecular formula is C23H23N3O2. The van der Waals surface area contributed by atoms with Crippen LogP contribution in [0.25, 0.3) is 11.1 Å². The monoisotopic (exact) mass is 373 g/mol. The Hall–Kier alpha value is -3.05. The van der Waals surface area contributed by atoms with Crippen LogP contribution in [-0.4, -0.2) is 39.0 Å². The zero-order chi connectivity index (χ0) is 19.3. The SMILES string of the molecule is O=C(O)c1ccccc1-c1ccc(CN2CC[C@H](Cc3cnccn3)C2)cc1. The lowest BCUT2D eigenvalue weighted by Crippen LogP contribution is -2.20. The van der Waals surface area contributed by atoms with E-state index in [0.29, 0.717) is 11.5 Å². The molecule has 5 heteroatoms. The minimum atomic E-state index is -0.897. The Labute approximate surface area is 164 Å². The topological polar surface area (TPSA) is 66.3 Å². The van der Waals surface area contributed by atoms with Gasteiger partial charge in [0, 0.05) is 31.7 Å². The van der Waals surface area contributed by atoms with Crippen LogP contribution >= 0.6 is 0 Å². The number of aromatic nitrogens is 2.